The van der Waals surface area contributed by atoms with Crippen molar-refractivity contribution < 1.29 is 14.3 Å². The van der Waals surface area contributed by atoms with E-state index in [1.165, 1.54) is 11.8 Å². The summed E-state index contributed by atoms with van der Waals surface area (Å²) >= 11 is 1.47. The zero-order valence-electron chi connectivity index (χ0n) is 14.9. The number of carbonyl (C=O) groups excluding carboxylic acids is 1. The van der Waals surface area contributed by atoms with Crippen molar-refractivity contribution in [2.75, 3.05) is 25.8 Å². The summed E-state index contributed by atoms with van der Waals surface area (Å²) in [4.78, 5) is 17.3. The second kappa shape index (κ2) is 6.68. The summed E-state index contributed by atoms with van der Waals surface area (Å²) in [5, 5.41) is 8.58. The second-order valence-corrected chi connectivity index (χ2v) is 6.94. The lowest BCUT2D eigenvalue weighted by Gasteiger charge is -2.32. The fraction of sp³-hybridized carbons (Fsp3) is 0.389. The third kappa shape index (κ3) is 2.65. The van der Waals surface area contributed by atoms with Gasteiger partial charge in [0.05, 0.1) is 14.2 Å². The number of methoxy groups -OCH3 is 2. The average molecular weight is 372 g/mol. The van der Waals surface area contributed by atoms with Gasteiger partial charge >= 0.3 is 0 Å². The number of fused-ring (bicyclic) bond motifs is 1. The second-order valence-electron chi connectivity index (χ2n) is 6.17. The number of hydrogen-bond donors (Lipinski definition) is 1. The van der Waals surface area contributed by atoms with Gasteiger partial charge in [0.1, 0.15) is 17.5 Å². The summed E-state index contributed by atoms with van der Waals surface area (Å²) in [7, 11) is 3.23. The number of nitrogens with zero attached hydrogens (tertiary/aromatic N) is 3. The SMILES string of the molecule is COc1ccc([C@@H]2C3=C(CCCC3=O)Nc3nc(SC)nn32)c(OC)c1. The van der Waals surface area contributed by atoms with Crippen LogP contribution < -0.4 is 14.8 Å². The summed E-state index contributed by atoms with van der Waals surface area (Å²) in [6.45, 7) is 0. The van der Waals surface area contributed by atoms with Gasteiger partial charge in [-0.05, 0) is 31.2 Å². The Morgan fingerprint density at radius 3 is 2.85 bits per heavy atom. The van der Waals surface area contributed by atoms with Crippen LogP contribution in [0.4, 0.5) is 5.95 Å². The zero-order valence-corrected chi connectivity index (χ0v) is 15.7. The third-order valence-electron chi connectivity index (χ3n) is 4.77. The van der Waals surface area contributed by atoms with E-state index in [9.17, 15) is 4.79 Å². The standard InChI is InChI=1S/C18H20N4O3S/c1-24-10-7-8-11(14(9-10)25-2)16-15-12(5-4-6-13(15)23)19-17-20-18(26-3)21-22(16)17/h7-9,16H,4-6H2,1-3H3,(H,19,20,21)/t16-/m1/s1. The highest BCUT2D eigenvalue weighted by molar-refractivity contribution is 7.98. The van der Waals surface area contributed by atoms with Gasteiger partial charge < -0.3 is 14.8 Å². The monoisotopic (exact) mass is 372 g/mol. The highest BCUT2D eigenvalue weighted by atomic mass is 32.2. The van der Waals surface area contributed by atoms with Crippen molar-refractivity contribution in [2.45, 2.75) is 30.5 Å². The Balaban J connectivity index is 1.93. The summed E-state index contributed by atoms with van der Waals surface area (Å²) in [6, 6.07) is 5.28. The number of hydrogen-bond acceptors (Lipinski definition) is 7. The molecule has 0 saturated heterocycles. The number of Topliss-reactive ketones (excluding diaryl/α,β-unsaturated/α-hetero) is 1. The van der Waals surface area contributed by atoms with Crippen LogP contribution in [0.1, 0.15) is 30.9 Å². The van der Waals surface area contributed by atoms with Gasteiger partial charge in [0.25, 0.3) is 0 Å². The Morgan fingerprint density at radius 2 is 2.12 bits per heavy atom. The molecule has 7 nitrogen and oxygen atoms in total. The molecule has 1 aliphatic carbocycles. The topological polar surface area (TPSA) is 78.3 Å². The Morgan fingerprint density at radius 1 is 1.27 bits per heavy atom. The summed E-state index contributed by atoms with van der Waals surface area (Å²) in [6.07, 6.45) is 4.16. The van der Waals surface area contributed by atoms with Gasteiger partial charge in [-0.15, -0.1) is 5.10 Å². The first-order valence-electron chi connectivity index (χ1n) is 8.42. The maximum atomic E-state index is 12.8. The first kappa shape index (κ1) is 17.0. The lowest BCUT2D eigenvalue weighted by atomic mass is 9.85. The molecule has 1 aromatic carbocycles. The molecule has 2 aromatic rings. The largest absolute Gasteiger partial charge is 0.497 e. The van der Waals surface area contributed by atoms with Crippen LogP contribution in [-0.2, 0) is 4.79 Å². The fourth-order valence-electron chi connectivity index (χ4n) is 3.55. The Kier molecular flexibility index (Phi) is 4.36. The number of allylic oxidation sites excluding steroid dienone is 2. The number of benzene rings is 1. The molecule has 0 radical (unpaired) electrons. The minimum Gasteiger partial charge on any atom is -0.497 e. The number of ketones is 1. The van der Waals surface area contributed by atoms with E-state index in [2.05, 4.69) is 15.4 Å². The van der Waals surface area contributed by atoms with Crippen molar-refractivity contribution in [3.8, 4) is 11.5 Å². The van der Waals surface area contributed by atoms with Crippen LogP contribution in [-0.4, -0.2) is 41.0 Å². The zero-order chi connectivity index (χ0) is 18.3. The number of aromatic nitrogens is 3. The number of anilines is 1. The molecule has 1 N–H and O–H groups in total. The van der Waals surface area contributed by atoms with E-state index in [1.54, 1.807) is 18.9 Å². The van der Waals surface area contributed by atoms with Gasteiger partial charge in [0, 0.05) is 29.3 Å². The normalized spacial score (nSPS) is 18.9. The van der Waals surface area contributed by atoms with Crippen LogP contribution in [0.3, 0.4) is 0 Å². The predicted molar refractivity (Wildman–Crippen MR) is 99.0 cm³/mol. The summed E-state index contributed by atoms with van der Waals surface area (Å²) in [5.41, 5.74) is 2.57. The van der Waals surface area contributed by atoms with Gasteiger partial charge in [-0.1, -0.05) is 11.8 Å². The minimum absolute atomic E-state index is 0.147. The molecule has 4 rings (SSSR count). The van der Waals surface area contributed by atoms with Crippen LogP contribution in [0, 0.1) is 0 Å². The highest BCUT2D eigenvalue weighted by Crippen LogP contribution is 2.43. The van der Waals surface area contributed by atoms with Crippen molar-refractivity contribution in [2.24, 2.45) is 0 Å². The molecule has 1 atom stereocenters. The van der Waals surface area contributed by atoms with Crippen molar-refractivity contribution in [1.29, 1.82) is 0 Å². The average Bonchev–Trinajstić information content (AvgIpc) is 3.09. The van der Waals surface area contributed by atoms with Gasteiger partial charge in [0.15, 0.2) is 5.78 Å². The number of ether oxygens (including phenoxy) is 2. The van der Waals surface area contributed by atoms with E-state index in [0.29, 0.717) is 29.0 Å². The smallest absolute Gasteiger partial charge is 0.227 e. The molecular formula is C18H20N4O3S. The fourth-order valence-corrected chi connectivity index (χ4v) is 3.90. The van der Waals surface area contributed by atoms with Gasteiger partial charge in [-0.2, -0.15) is 4.98 Å². The number of rotatable bonds is 4. The third-order valence-corrected chi connectivity index (χ3v) is 5.30. The van der Waals surface area contributed by atoms with Crippen molar-refractivity contribution in [3.05, 3.63) is 35.0 Å². The van der Waals surface area contributed by atoms with Crippen LogP contribution >= 0.6 is 11.8 Å². The summed E-state index contributed by atoms with van der Waals surface area (Å²) in [5.74, 6) is 2.17. The quantitative estimate of drug-likeness (QED) is 0.827. The van der Waals surface area contributed by atoms with Crippen LogP contribution in [0.25, 0.3) is 0 Å². The molecule has 0 saturated carbocycles. The molecular weight excluding hydrogens is 352 g/mol. The van der Waals surface area contributed by atoms with E-state index in [4.69, 9.17) is 9.47 Å². The molecule has 0 unspecified atom stereocenters. The first-order valence-corrected chi connectivity index (χ1v) is 9.64. The van der Waals surface area contributed by atoms with E-state index in [0.717, 1.165) is 29.7 Å². The Hall–Kier alpha value is -2.48. The maximum absolute atomic E-state index is 12.8. The van der Waals surface area contributed by atoms with Crippen molar-refractivity contribution >= 4 is 23.5 Å². The molecule has 136 valence electrons. The van der Waals surface area contributed by atoms with Gasteiger partial charge in [-0.3, -0.25) is 4.79 Å². The lowest BCUT2D eigenvalue weighted by Crippen LogP contribution is -2.31. The van der Waals surface area contributed by atoms with E-state index in [1.807, 2.05) is 24.5 Å². The van der Waals surface area contributed by atoms with Crippen LogP contribution in [0.15, 0.2) is 34.6 Å². The molecule has 8 heteroatoms. The predicted octanol–water partition coefficient (Wildman–Crippen LogP) is 3.04. The van der Waals surface area contributed by atoms with Crippen LogP contribution in [0.2, 0.25) is 0 Å². The summed E-state index contributed by atoms with van der Waals surface area (Å²) < 4.78 is 12.7. The molecule has 1 aliphatic heterocycles. The molecule has 1 aromatic heterocycles. The van der Waals surface area contributed by atoms with Crippen molar-refractivity contribution in [1.82, 2.24) is 14.8 Å². The molecule has 2 aliphatic rings. The molecule has 0 amide bonds. The maximum Gasteiger partial charge on any atom is 0.227 e. The number of carbonyl (C=O) groups is 1. The molecule has 2 heterocycles. The van der Waals surface area contributed by atoms with Crippen molar-refractivity contribution in [3.63, 3.8) is 0 Å². The number of nitrogens with one attached hydrogen (secondary N) is 1. The number of thioether (sulfide) groups is 1. The molecule has 26 heavy (non-hydrogen) atoms. The Labute approximate surface area is 155 Å². The van der Waals surface area contributed by atoms with E-state index < -0.39 is 0 Å². The lowest BCUT2D eigenvalue weighted by molar-refractivity contribution is -0.116. The van der Waals surface area contributed by atoms with Gasteiger partial charge in [-0.25, -0.2) is 4.68 Å². The Bertz CT molecular complexity index is 906. The van der Waals surface area contributed by atoms with E-state index in [-0.39, 0.29) is 11.8 Å². The van der Waals surface area contributed by atoms with Gasteiger partial charge in [0.2, 0.25) is 11.1 Å². The first-order chi connectivity index (χ1) is 12.7. The molecule has 0 fully saturated rings. The highest BCUT2D eigenvalue weighted by Gasteiger charge is 2.38. The minimum atomic E-state index is -0.358. The molecule has 0 bridgehead atoms. The van der Waals surface area contributed by atoms with Crippen LogP contribution in [0.5, 0.6) is 11.5 Å². The van der Waals surface area contributed by atoms with E-state index >= 15 is 0 Å². The molecule has 0 spiro atoms.